The molecule has 0 heterocycles. The van der Waals surface area contributed by atoms with E-state index in [0.717, 1.165) is 15.6 Å². The molecule has 0 radical (unpaired) electrons. The van der Waals surface area contributed by atoms with Crippen molar-refractivity contribution in [3.05, 3.63) is 69.9 Å². The van der Waals surface area contributed by atoms with Crippen molar-refractivity contribution in [2.45, 2.75) is 13.2 Å². The summed E-state index contributed by atoms with van der Waals surface area (Å²) in [5.74, 6) is -0.260. The molecule has 4 heteroatoms. The molecule has 0 atom stereocenters. The van der Waals surface area contributed by atoms with Crippen molar-refractivity contribution in [3.8, 4) is 0 Å². The average molecular weight is 310 g/mol. The van der Waals surface area contributed by atoms with Crippen LogP contribution in [0, 0.1) is 5.82 Å². The lowest BCUT2D eigenvalue weighted by molar-refractivity contribution is 0.0234. The van der Waals surface area contributed by atoms with Crippen LogP contribution in [0.25, 0.3) is 0 Å². The Balaban J connectivity index is 1.78. The zero-order chi connectivity index (χ0) is 12.8. The van der Waals surface area contributed by atoms with E-state index in [1.165, 1.54) is 12.1 Å². The average Bonchev–Trinajstić information content (AvgIpc) is 2.35. The van der Waals surface area contributed by atoms with E-state index in [1.807, 2.05) is 36.4 Å². The van der Waals surface area contributed by atoms with E-state index >= 15 is 0 Å². The third kappa shape index (κ3) is 4.22. The summed E-state index contributed by atoms with van der Waals surface area (Å²) in [6, 6.07) is 14.6. The molecule has 0 saturated carbocycles. The molecule has 1 N–H and O–H groups in total. The number of hydrogen-bond donors (Lipinski definition) is 1. The lowest BCUT2D eigenvalue weighted by Gasteiger charge is -2.06. The molecule has 2 rings (SSSR count). The monoisotopic (exact) mass is 309 g/mol. The van der Waals surface area contributed by atoms with Crippen molar-refractivity contribution in [2.24, 2.45) is 0 Å². The largest absolute Gasteiger partial charge is 0.297 e. The Morgan fingerprint density at radius 1 is 1.06 bits per heavy atom. The molecule has 0 spiro atoms. The minimum absolute atomic E-state index is 0.260. The minimum atomic E-state index is -0.260. The van der Waals surface area contributed by atoms with E-state index in [2.05, 4.69) is 21.4 Å². The highest BCUT2D eigenvalue weighted by Gasteiger charge is 1.99. The fraction of sp³-hybridized carbons (Fsp3) is 0.143. The van der Waals surface area contributed by atoms with Crippen LogP contribution in [0.15, 0.2) is 53.0 Å². The predicted molar refractivity (Wildman–Crippen MR) is 72.2 cm³/mol. The van der Waals surface area contributed by atoms with Gasteiger partial charge in [-0.1, -0.05) is 46.3 Å². The Kier molecular flexibility index (Phi) is 4.87. The van der Waals surface area contributed by atoms with Crippen molar-refractivity contribution >= 4 is 15.9 Å². The lowest BCUT2D eigenvalue weighted by atomic mass is 10.2. The molecule has 0 aromatic heterocycles. The zero-order valence-electron chi connectivity index (χ0n) is 9.70. The van der Waals surface area contributed by atoms with Crippen LogP contribution in [0.2, 0.25) is 0 Å². The van der Waals surface area contributed by atoms with Crippen LogP contribution in [-0.2, 0) is 18.0 Å². The van der Waals surface area contributed by atoms with Gasteiger partial charge < -0.3 is 0 Å². The van der Waals surface area contributed by atoms with E-state index in [0.29, 0.717) is 13.2 Å². The van der Waals surface area contributed by atoms with Crippen LogP contribution in [0.5, 0.6) is 0 Å². The smallest absolute Gasteiger partial charge is 0.124 e. The summed E-state index contributed by atoms with van der Waals surface area (Å²) in [4.78, 5) is 5.32. The van der Waals surface area contributed by atoms with Crippen molar-refractivity contribution in [3.63, 3.8) is 0 Å². The fourth-order valence-electron chi connectivity index (χ4n) is 1.56. The van der Waals surface area contributed by atoms with Crippen LogP contribution < -0.4 is 5.48 Å². The number of rotatable bonds is 5. The highest BCUT2D eigenvalue weighted by molar-refractivity contribution is 9.10. The summed E-state index contributed by atoms with van der Waals surface area (Å²) in [5.41, 5.74) is 4.73. The van der Waals surface area contributed by atoms with Crippen LogP contribution >= 0.6 is 15.9 Å². The second-order valence-electron chi connectivity index (χ2n) is 3.87. The molecule has 0 amide bonds. The maximum Gasteiger partial charge on any atom is 0.124 e. The molecule has 0 unspecified atom stereocenters. The third-order valence-corrected chi connectivity index (χ3v) is 2.84. The topological polar surface area (TPSA) is 21.3 Å². The number of nitrogens with one attached hydrogen (secondary N) is 1. The van der Waals surface area contributed by atoms with Crippen molar-refractivity contribution in [1.82, 2.24) is 5.48 Å². The van der Waals surface area contributed by atoms with E-state index in [9.17, 15) is 4.39 Å². The SMILES string of the molecule is Fc1cc(Br)cc(CNOCc2ccccc2)c1. The van der Waals surface area contributed by atoms with Crippen LogP contribution in [-0.4, -0.2) is 0 Å². The van der Waals surface area contributed by atoms with Crippen LogP contribution in [0.1, 0.15) is 11.1 Å². The third-order valence-electron chi connectivity index (χ3n) is 2.38. The second-order valence-corrected chi connectivity index (χ2v) is 4.79. The summed E-state index contributed by atoms with van der Waals surface area (Å²) in [7, 11) is 0. The Labute approximate surface area is 114 Å². The van der Waals surface area contributed by atoms with Gasteiger partial charge in [-0.3, -0.25) is 4.84 Å². The van der Waals surface area contributed by atoms with Gasteiger partial charge in [-0.05, 0) is 29.3 Å². The zero-order valence-corrected chi connectivity index (χ0v) is 11.3. The van der Waals surface area contributed by atoms with Gasteiger partial charge in [0.05, 0.1) is 6.61 Å². The Morgan fingerprint density at radius 2 is 1.83 bits per heavy atom. The molecule has 94 valence electrons. The first-order chi connectivity index (χ1) is 8.74. The second kappa shape index (κ2) is 6.64. The van der Waals surface area contributed by atoms with E-state index in [1.54, 1.807) is 0 Å². The Bertz CT molecular complexity index is 484. The van der Waals surface area contributed by atoms with Crippen LogP contribution in [0.3, 0.4) is 0 Å². The molecule has 2 aromatic carbocycles. The van der Waals surface area contributed by atoms with Gasteiger partial charge in [-0.25, -0.2) is 4.39 Å². The lowest BCUT2D eigenvalue weighted by Crippen LogP contribution is -2.14. The van der Waals surface area contributed by atoms with Gasteiger partial charge in [0.1, 0.15) is 5.82 Å². The fourth-order valence-corrected chi connectivity index (χ4v) is 2.07. The van der Waals surface area contributed by atoms with Gasteiger partial charge in [0.2, 0.25) is 0 Å². The number of hydrogen-bond acceptors (Lipinski definition) is 2. The molecular weight excluding hydrogens is 297 g/mol. The summed E-state index contributed by atoms with van der Waals surface area (Å²) in [6.07, 6.45) is 0. The molecule has 18 heavy (non-hydrogen) atoms. The summed E-state index contributed by atoms with van der Waals surface area (Å²) >= 11 is 3.25. The van der Waals surface area contributed by atoms with Gasteiger partial charge in [0.15, 0.2) is 0 Å². The first-order valence-electron chi connectivity index (χ1n) is 5.57. The molecule has 0 bridgehead atoms. The van der Waals surface area contributed by atoms with E-state index < -0.39 is 0 Å². The number of benzene rings is 2. The molecule has 0 aliphatic carbocycles. The number of hydroxylamine groups is 1. The summed E-state index contributed by atoms with van der Waals surface area (Å²) in [5, 5.41) is 0. The van der Waals surface area contributed by atoms with Gasteiger partial charge in [0, 0.05) is 11.0 Å². The minimum Gasteiger partial charge on any atom is -0.297 e. The normalized spacial score (nSPS) is 10.6. The summed E-state index contributed by atoms with van der Waals surface area (Å²) in [6.45, 7) is 0.945. The Hall–Kier alpha value is -1.23. The van der Waals surface area contributed by atoms with Gasteiger partial charge in [0.25, 0.3) is 0 Å². The van der Waals surface area contributed by atoms with Crippen LogP contribution in [0.4, 0.5) is 4.39 Å². The first-order valence-corrected chi connectivity index (χ1v) is 6.37. The standard InChI is InChI=1S/C14H13BrFNO/c15-13-6-12(7-14(16)8-13)9-17-18-10-11-4-2-1-3-5-11/h1-8,17H,9-10H2. The van der Waals surface area contributed by atoms with Crippen molar-refractivity contribution in [1.29, 1.82) is 0 Å². The molecule has 0 saturated heterocycles. The number of halogens is 2. The molecular formula is C14H13BrFNO. The quantitative estimate of drug-likeness (QED) is 0.670. The molecule has 2 nitrogen and oxygen atoms in total. The molecule has 0 fully saturated rings. The van der Waals surface area contributed by atoms with Gasteiger partial charge in [-0.15, -0.1) is 0 Å². The first kappa shape index (κ1) is 13.2. The highest BCUT2D eigenvalue weighted by Crippen LogP contribution is 2.14. The maximum absolute atomic E-state index is 13.1. The van der Waals surface area contributed by atoms with Crippen molar-refractivity contribution < 1.29 is 9.23 Å². The van der Waals surface area contributed by atoms with E-state index in [-0.39, 0.29) is 5.82 Å². The van der Waals surface area contributed by atoms with Crippen molar-refractivity contribution in [2.75, 3.05) is 0 Å². The molecule has 0 aliphatic heterocycles. The highest BCUT2D eigenvalue weighted by atomic mass is 79.9. The maximum atomic E-state index is 13.1. The predicted octanol–water partition coefficient (Wildman–Crippen LogP) is 3.81. The van der Waals surface area contributed by atoms with Gasteiger partial charge in [-0.2, -0.15) is 5.48 Å². The molecule has 2 aromatic rings. The summed E-state index contributed by atoms with van der Waals surface area (Å²) < 4.78 is 13.8. The van der Waals surface area contributed by atoms with Gasteiger partial charge >= 0.3 is 0 Å². The van der Waals surface area contributed by atoms with E-state index in [4.69, 9.17) is 4.84 Å². The Morgan fingerprint density at radius 3 is 2.56 bits per heavy atom. The molecule has 0 aliphatic rings.